The molecule has 340 valence electrons. The quantitative estimate of drug-likeness (QED) is 0.0390. The molecule has 0 saturated carbocycles. The average molecular weight is 877 g/mol. The molecule has 1 aliphatic rings. The number of nitrogens with zero attached hydrogens (tertiary/aromatic N) is 3. The lowest BCUT2D eigenvalue weighted by Crippen LogP contribution is -2.34. The summed E-state index contributed by atoms with van der Waals surface area (Å²) >= 11 is 0. The van der Waals surface area contributed by atoms with Crippen molar-refractivity contribution in [3.63, 3.8) is 0 Å². The van der Waals surface area contributed by atoms with Crippen LogP contribution in [0, 0.1) is 0 Å². The molecule has 0 fully saturated rings. The number of phenols is 1. The van der Waals surface area contributed by atoms with Gasteiger partial charge in [0, 0.05) is 91.0 Å². The molecular weight excluding hydrogens is 817 g/mol. The Hall–Kier alpha value is -6.20. The van der Waals surface area contributed by atoms with Gasteiger partial charge in [0.1, 0.15) is 17.2 Å². The molecule has 1 unspecified atom stereocenters. The third-order valence-electron chi connectivity index (χ3n) is 10.8. The number of aromatic amines is 1. The molecule has 0 spiro atoms. The van der Waals surface area contributed by atoms with Crippen molar-refractivity contribution in [2.75, 3.05) is 52.7 Å². The second-order valence-corrected chi connectivity index (χ2v) is 16.8. The van der Waals surface area contributed by atoms with Gasteiger partial charge >= 0.3 is 6.09 Å². The number of aryl methyl sites for hydroxylation is 1. The first kappa shape index (κ1) is 45.8. The van der Waals surface area contributed by atoms with Crippen LogP contribution in [-0.4, -0.2) is 100 Å². The first-order valence-corrected chi connectivity index (χ1v) is 22.0. The van der Waals surface area contributed by atoms with E-state index in [-0.39, 0.29) is 23.6 Å². The summed E-state index contributed by atoms with van der Waals surface area (Å²) in [5.74, 6) is 0.936. The van der Waals surface area contributed by atoms with Crippen LogP contribution in [0.5, 0.6) is 5.75 Å². The number of hydrogen-bond acceptors (Lipinski definition) is 10. The summed E-state index contributed by atoms with van der Waals surface area (Å²) < 4.78 is 26.0. The fourth-order valence-corrected chi connectivity index (χ4v) is 7.86. The Balaban J connectivity index is 0.795. The molecule has 6 aromatic rings. The van der Waals surface area contributed by atoms with Crippen LogP contribution in [0.2, 0.25) is 0 Å². The third-order valence-corrected chi connectivity index (χ3v) is 10.8. The first-order chi connectivity index (χ1) is 31.0. The maximum Gasteiger partial charge on any atom is 0.407 e. The van der Waals surface area contributed by atoms with Gasteiger partial charge in [-0.1, -0.05) is 30.3 Å². The standard InChI is InChI=1S/C48H60N8O8/c1-48(2,3)64-47(60)52-18-23-62-25-27-63-26-24-61-22-17-51-43(58)10-6-7-19-55-21-16-50-42(55)32-56-20-15-34-12-11-33(28-41(34)56)30-49-31-40-44(37-8-4-5-9-39(37)53-40)45-38-29-35(57)13-14-36(38)46(59)54-45/h4-5,8-9,11-16,20-21,28-29,45,49,53,57H,6-7,10,17-19,22-27,30-32H2,1-3H3,(H,51,58)(H,52,60)(H,54,59). The number of fused-ring (bicyclic) bond motifs is 3. The maximum atomic E-state index is 12.9. The summed E-state index contributed by atoms with van der Waals surface area (Å²) in [6, 6.07) is 21.2. The first-order valence-electron chi connectivity index (χ1n) is 22.0. The molecular formula is C48H60N8O8. The van der Waals surface area contributed by atoms with Crippen LogP contribution in [0.3, 0.4) is 0 Å². The van der Waals surface area contributed by atoms with E-state index in [1.165, 1.54) is 0 Å². The predicted molar refractivity (Wildman–Crippen MR) is 243 cm³/mol. The van der Waals surface area contributed by atoms with Crippen LogP contribution < -0.4 is 21.3 Å². The van der Waals surface area contributed by atoms with Crippen molar-refractivity contribution in [2.24, 2.45) is 0 Å². The molecule has 64 heavy (non-hydrogen) atoms. The number of unbranched alkanes of at least 4 members (excludes halogenated alkanes) is 1. The highest BCUT2D eigenvalue weighted by molar-refractivity contribution is 6.01. The number of H-pyrrole nitrogens is 1. The fraction of sp³-hybridized carbons (Fsp3) is 0.417. The molecule has 0 bridgehead atoms. The van der Waals surface area contributed by atoms with E-state index in [0.29, 0.717) is 84.3 Å². The van der Waals surface area contributed by atoms with Crippen molar-refractivity contribution in [1.82, 2.24) is 40.4 Å². The Kier molecular flexibility index (Phi) is 15.7. The van der Waals surface area contributed by atoms with Gasteiger partial charge in [-0.25, -0.2) is 9.78 Å². The van der Waals surface area contributed by atoms with Gasteiger partial charge in [-0.3, -0.25) is 9.59 Å². The molecule has 4 heterocycles. The minimum absolute atomic E-state index is 0.00381. The number of ether oxygens (including phenoxy) is 4. The lowest BCUT2D eigenvalue weighted by atomic mass is 9.95. The van der Waals surface area contributed by atoms with E-state index in [2.05, 4.69) is 76.9 Å². The Labute approximate surface area is 373 Å². The molecule has 0 saturated heterocycles. The van der Waals surface area contributed by atoms with Crippen molar-refractivity contribution < 1.29 is 38.4 Å². The number of carbonyl (C=O) groups excluding carboxylic acids is 3. The van der Waals surface area contributed by atoms with E-state index in [4.69, 9.17) is 18.9 Å². The number of nitrogens with one attached hydrogen (secondary N) is 5. The number of alkyl carbamates (subject to hydrolysis) is 1. The van der Waals surface area contributed by atoms with Crippen LogP contribution in [0.15, 0.2) is 85.3 Å². The Morgan fingerprint density at radius 1 is 0.844 bits per heavy atom. The molecule has 6 N–H and O–H groups in total. The van der Waals surface area contributed by atoms with E-state index in [1.807, 2.05) is 51.4 Å². The zero-order valence-corrected chi connectivity index (χ0v) is 36.9. The number of rotatable bonds is 24. The van der Waals surface area contributed by atoms with E-state index in [1.54, 1.807) is 18.2 Å². The second kappa shape index (κ2) is 21.9. The summed E-state index contributed by atoms with van der Waals surface area (Å²) in [6.07, 6.45) is 7.49. The lowest BCUT2D eigenvalue weighted by Gasteiger charge is -2.19. The van der Waals surface area contributed by atoms with Gasteiger partial charge in [0.05, 0.1) is 52.2 Å². The molecule has 0 aliphatic carbocycles. The van der Waals surface area contributed by atoms with Crippen LogP contribution in [0.25, 0.3) is 21.8 Å². The molecule has 16 heteroatoms. The highest BCUT2D eigenvalue weighted by atomic mass is 16.6. The van der Waals surface area contributed by atoms with Gasteiger partial charge < -0.3 is 59.4 Å². The number of amides is 3. The highest BCUT2D eigenvalue weighted by Gasteiger charge is 2.33. The van der Waals surface area contributed by atoms with Crippen LogP contribution in [0.4, 0.5) is 4.79 Å². The van der Waals surface area contributed by atoms with E-state index in [9.17, 15) is 19.5 Å². The SMILES string of the molecule is CC(C)(C)OC(=O)NCCOCCOCCOCCNC(=O)CCCCn1ccnc1Cn1ccc2ccc(CNCc3[nH]c4ccccc4c3C3NC(=O)c4ccc(O)cc43)cc21. The summed E-state index contributed by atoms with van der Waals surface area (Å²) in [4.78, 5) is 45.2. The normalized spacial score (nSPS) is 13.7. The van der Waals surface area contributed by atoms with Crippen LogP contribution in [0.1, 0.15) is 84.6 Å². The van der Waals surface area contributed by atoms with Gasteiger partial charge in [0.15, 0.2) is 0 Å². The number of aromatic nitrogens is 4. The number of benzene rings is 3. The summed E-state index contributed by atoms with van der Waals surface area (Å²) in [5, 5.41) is 24.8. The number of para-hydroxylation sites is 1. The minimum atomic E-state index is -0.532. The molecule has 7 rings (SSSR count). The van der Waals surface area contributed by atoms with E-state index < -0.39 is 11.7 Å². The molecule has 3 aromatic heterocycles. The Bertz CT molecular complexity index is 2500. The monoisotopic (exact) mass is 876 g/mol. The zero-order chi connectivity index (χ0) is 44.9. The third kappa shape index (κ3) is 12.5. The van der Waals surface area contributed by atoms with E-state index in [0.717, 1.165) is 69.4 Å². The molecule has 3 amide bonds. The topological polar surface area (TPSA) is 195 Å². The minimum Gasteiger partial charge on any atom is -0.508 e. The van der Waals surface area contributed by atoms with Gasteiger partial charge in [-0.15, -0.1) is 0 Å². The van der Waals surface area contributed by atoms with Gasteiger partial charge in [0.25, 0.3) is 5.91 Å². The number of imidazole rings is 1. The Morgan fingerprint density at radius 3 is 2.41 bits per heavy atom. The summed E-state index contributed by atoms with van der Waals surface area (Å²) in [6.45, 7) is 11.2. The molecule has 1 atom stereocenters. The number of aromatic hydroxyl groups is 1. The van der Waals surface area contributed by atoms with Crippen molar-refractivity contribution in [2.45, 2.75) is 77.9 Å². The molecule has 0 radical (unpaired) electrons. The van der Waals surface area contributed by atoms with Gasteiger partial charge in [0.2, 0.25) is 5.91 Å². The van der Waals surface area contributed by atoms with Crippen molar-refractivity contribution in [1.29, 1.82) is 0 Å². The van der Waals surface area contributed by atoms with Gasteiger partial charge in [-0.05, 0) is 86.5 Å². The second-order valence-electron chi connectivity index (χ2n) is 16.8. The smallest absolute Gasteiger partial charge is 0.407 e. The predicted octanol–water partition coefficient (Wildman–Crippen LogP) is 6.06. The Morgan fingerprint density at radius 2 is 1.61 bits per heavy atom. The average Bonchev–Trinajstić information content (AvgIpc) is 4.05. The largest absolute Gasteiger partial charge is 0.508 e. The van der Waals surface area contributed by atoms with Crippen LogP contribution >= 0.6 is 0 Å². The number of carbonyl (C=O) groups is 3. The lowest BCUT2D eigenvalue weighted by molar-refractivity contribution is -0.121. The molecule has 16 nitrogen and oxygen atoms in total. The van der Waals surface area contributed by atoms with Crippen molar-refractivity contribution >= 4 is 39.7 Å². The number of hydrogen-bond donors (Lipinski definition) is 6. The fourth-order valence-electron chi connectivity index (χ4n) is 7.86. The van der Waals surface area contributed by atoms with Gasteiger partial charge in [-0.2, -0.15) is 0 Å². The van der Waals surface area contributed by atoms with E-state index >= 15 is 0 Å². The van der Waals surface area contributed by atoms with Crippen LogP contribution in [-0.2, 0) is 49.9 Å². The summed E-state index contributed by atoms with van der Waals surface area (Å²) in [7, 11) is 0. The summed E-state index contributed by atoms with van der Waals surface area (Å²) in [5.41, 5.74) is 6.03. The maximum absolute atomic E-state index is 12.9. The van der Waals surface area contributed by atoms with Crippen molar-refractivity contribution in [3.8, 4) is 5.75 Å². The zero-order valence-electron chi connectivity index (χ0n) is 36.9. The highest BCUT2D eigenvalue weighted by Crippen LogP contribution is 2.38. The van der Waals surface area contributed by atoms with Crippen molar-refractivity contribution in [3.05, 3.63) is 119 Å². The molecule has 1 aliphatic heterocycles. The number of phenolic OH excluding ortho intramolecular Hbond substituents is 1. The molecule has 3 aromatic carbocycles.